The van der Waals surface area contributed by atoms with Gasteiger partial charge in [0.15, 0.2) is 17.3 Å². The number of aromatic carboxylic acids is 1. The molecular formula is C19H19NO6. The van der Waals surface area contributed by atoms with Crippen LogP contribution in [-0.2, 0) is 4.79 Å². The van der Waals surface area contributed by atoms with Gasteiger partial charge in [0, 0.05) is 30.5 Å². The molecule has 0 saturated carbocycles. The van der Waals surface area contributed by atoms with Crippen LogP contribution in [0, 0.1) is 0 Å². The molecule has 7 nitrogen and oxygen atoms in total. The predicted molar refractivity (Wildman–Crippen MR) is 95.1 cm³/mol. The highest BCUT2D eigenvalue weighted by Gasteiger charge is 2.18. The third-order valence-corrected chi connectivity index (χ3v) is 3.70. The van der Waals surface area contributed by atoms with Crippen LogP contribution in [0.4, 0.5) is 5.69 Å². The fourth-order valence-electron chi connectivity index (χ4n) is 2.37. The van der Waals surface area contributed by atoms with Gasteiger partial charge in [-0.3, -0.25) is 9.59 Å². The molecule has 1 amide bonds. The fourth-order valence-corrected chi connectivity index (χ4v) is 2.37. The summed E-state index contributed by atoms with van der Waals surface area (Å²) in [6.45, 7) is 0. The van der Waals surface area contributed by atoms with Crippen molar-refractivity contribution in [2.75, 3.05) is 19.5 Å². The first-order valence-electron chi connectivity index (χ1n) is 7.83. The molecule has 2 aromatic rings. The maximum atomic E-state index is 12.1. The normalized spacial score (nSPS) is 10.1. The number of anilines is 1. The van der Waals surface area contributed by atoms with E-state index in [0.717, 1.165) is 0 Å². The summed E-state index contributed by atoms with van der Waals surface area (Å²) in [5, 5.41) is 11.8. The highest BCUT2D eigenvalue weighted by molar-refractivity contribution is 6.03. The number of amides is 1. The number of hydrogen-bond donors (Lipinski definition) is 2. The SMILES string of the molecule is COc1cc(NC(=O)CCC(=O)c2ccccc2)c(C(=O)O)cc1OC. The fraction of sp³-hybridized carbons (Fsp3) is 0.211. The number of nitrogens with one attached hydrogen (secondary N) is 1. The Labute approximate surface area is 150 Å². The van der Waals surface area contributed by atoms with Gasteiger partial charge in [0.1, 0.15) is 0 Å². The highest BCUT2D eigenvalue weighted by Crippen LogP contribution is 2.33. The van der Waals surface area contributed by atoms with Crippen LogP contribution in [0.15, 0.2) is 42.5 Å². The summed E-state index contributed by atoms with van der Waals surface area (Å²) in [5.74, 6) is -1.33. The Bertz CT molecular complexity index is 816. The second-order valence-electron chi connectivity index (χ2n) is 5.40. The van der Waals surface area contributed by atoms with Gasteiger partial charge in [-0.25, -0.2) is 4.79 Å². The number of methoxy groups -OCH3 is 2. The first-order chi connectivity index (χ1) is 12.5. The van der Waals surface area contributed by atoms with Crippen molar-refractivity contribution in [3.05, 3.63) is 53.6 Å². The van der Waals surface area contributed by atoms with Gasteiger partial charge in [-0.2, -0.15) is 0 Å². The minimum Gasteiger partial charge on any atom is -0.493 e. The number of rotatable bonds is 8. The van der Waals surface area contributed by atoms with Crippen molar-refractivity contribution < 1.29 is 29.0 Å². The number of carbonyl (C=O) groups is 3. The Balaban J connectivity index is 2.10. The topological polar surface area (TPSA) is 102 Å². The molecule has 0 aliphatic carbocycles. The van der Waals surface area contributed by atoms with Gasteiger partial charge in [-0.1, -0.05) is 30.3 Å². The van der Waals surface area contributed by atoms with Gasteiger partial charge in [0.25, 0.3) is 0 Å². The van der Waals surface area contributed by atoms with Crippen LogP contribution in [0.3, 0.4) is 0 Å². The molecule has 0 heterocycles. The zero-order valence-corrected chi connectivity index (χ0v) is 14.4. The lowest BCUT2D eigenvalue weighted by Gasteiger charge is -2.13. The molecule has 0 atom stereocenters. The summed E-state index contributed by atoms with van der Waals surface area (Å²) in [6, 6.07) is 11.3. The van der Waals surface area contributed by atoms with E-state index in [4.69, 9.17) is 9.47 Å². The van der Waals surface area contributed by atoms with Crippen molar-refractivity contribution >= 4 is 23.3 Å². The maximum absolute atomic E-state index is 12.1. The molecule has 0 bridgehead atoms. The molecule has 2 rings (SSSR count). The van der Waals surface area contributed by atoms with Crippen molar-refractivity contribution in [2.24, 2.45) is 0 Å². The van der Waals surface area contributed by atoms with Crippen molar-refractivity contribution in [3.63, 3.8) is 0 Å². The van der Waals surface area contributed by atoms with Crippen LogP contribution in [0.1, 0.15) is 33.6 Å². The number of carboxylic acids is 1. The second kappa shape index (κ2) is 8.66. The summed E-state index contributed by atoms with van der Waals surface area (Å²) < 4.78 is 10.2. The minimum atomic E-state index is -1.22. The zero-order valence-electron chi connectivity index (χ0n) is 14.4. The molecule has 0 aliphatic heterocycles. The van der Waals surface area contributed by atoms with Crippen LogP contribution in [0.5, 0.6) is 11.5 Å². The van der Waals surface area contributed by atoms with E-state index in [-0.39, 0.29) is 41.4 Å². The summed E-state index contributed by atoms with van der Waals surface area (Å²) >= 11 is 0. The quantitative estimate of drug-likeness (QED) is 0.704. The first-order valence-corrected chi connectivity index (χ1v) is 7.83. The van der Waals surface area contributed by atoms with E-state index in [1.165, 1.54) is 26.4 Å². The van der Waals surface area contributed by atoms with Gasteiger partial charge < -0.3 is 19.9 Å². The molecule has 7 heteroatoms. The molecule has 2 N–H and O–H groups in total. The van der Waals surface area contributed by atoms with Gasteiger partial charge in [-0.05, 0) is 0 Å². The molecule has 2 aromatic carbocycles. The van der Waals surface area contributed by atoms with Crippen LogP contribution in [0.25, 0.3) is 0 Å². The molecule has 0 fully saturated rings. The lowest BCUT2D eigenvalue weighted by Crippen LogP contribution is -2.16. The van der Waals surface area contributed by atoms with E-state index in [1.54, 1.807) is 30.3 Å². The molecule has 0 saturated heterocycles. The Morgan fingerprint density at radius 3 is 2.15 bits per heavy atom. The van der Waals surface area contributed by atoms with E-state index in [0.29, 0.717) is 5.56 Å². The summed E-state index contributed by atoms with van der Waals surface area (Å²) in [7, 11) is 2.79. The number of ketones is 1. The van der Waals surface area contributed by atoms with E-state index in [2.05, 4.69) is 5.32 Å². The Kier molecular flexibility index (Phi) is 6.32. The lowest BCUT2D eigenvalue weighted by molar-refractivity contribution is -0.116. The summed E-state index contributed by atoms with van der Waals surface area (Å²) in [5.41, 5.74) is 0.468. The van der Waals surface area contributed by atoms with Gasteiger partial charge >= 0.3 is 5.97 Å². The van der Waals surface area contributed by atoms with Crippen molar-refractivity contribution in [1.82, 2.24) is 0 Å². The van der Waals surface area contributed by atoms with Crippen molar-refractivity contribution in [1.29, 1.82) is 0 Å². The molecule has 0 spiro atoms. The third-order valence-electron chi connectivity index (χ3n) is 3.70. The highest BCUT2D eigenvalue weighted by atomic mass is 16.5. The Hall–Kier alpha value is -3.35. The number of benzene rings is 2. The average Bonchev–Trinajstić information content (AvgIpc) is 2.66. The van der Waals surface area contributed by atoms with Crippen LogP contribution in [0.2, 0.25) is 0 Å². The minimum absolute atomic E-state index is 0.0194. The zero-order chi connectivity index (χ0) is 19.1. The van der Waals surface area contributed by atoms with E-state index < -0.39 is 11.9 Å². The number of carbonyl (C=O) groups excluding carboxylic acids is 2. The number of hydrogen-bond acceptors (Lipinski definition) is 5. The Morgan fingerprint density at radius 1 is 0.962 bits per heavy atom. The predicted octanol–water partition coefficient (Wildman–Crippen LogP) is 3.00. The largest absolute Gasteiger partial charge is 0.493 e. The third kappa shape index (κ3) is 4.60. The maximum Gasteiger partial charge on any atom is 0.337 e. The van der Waals surface area contributed by atoms with Gasteiger partial charge in [0.05, 0.1) is 25.5 Å². The molecule has 26 heavy (non-hydrogen) atoms. The molecule has 0 radical (unpaired) electrons. The van der Waals surface area contributed by atoms with E-state index in [1.807, 2.05) is 0 Å². The van der Waals surface area contributed by atoms with Gasteiger partial charge in [0.2, 0.25) is 5.91 Å². The number of Topliss-reactive ketones (excluding diaryl/α,β-unsaturated/α-hetero) is 1. The monoisotopic (exact) mass is 357 g/mol. The molecule has 0 aromatic heterocycles. The van der Waals surface area contributed by atoms with Crippen LogP contribution < -0.4 is 14.8 Å². The van der Waals surface area contributed by atoms with Crippen molar-refractivity contribution in [3.8, 4) is 11.5 Å². The molecule has 136 valence electrons. The second-order valence-corrected chi connectivity index (χ2v) is 5.40. The average molecular weight is 357 g/mol. The lowest BCUT2D eigenvalue weighted by atomic mass is 10.1. The Morgan fingerprint density at radius 2 is 1.58 bits per heavy atom. The molecule has 0 aliphatic rings. The summed E-state index contributed by atoms with van der Waals surface area (Å²) in [4.78, 5) is 35.6. The van der Waals surface area contributed by atoms with Gasteiger partial charge in [-0.15, -0.1) is 0 Å². The van der Waals surface area contributed by atoms with Crippen molar-refractivity contribution in [2.45, 2.75) is 12.8 Å². The first kappa shape index (κ1) is 19.0. The van der Waals surface area contributed by atoms with Crippen LogP contribution >= 0.6 is 0 Å². The molecule has 0 unspecified atom stereocenters. The standard InChI is InChI=1S/C19H19NO6/c1-25-16-10-13(19(23)24)14(11-17(16)26-2)20-18(22)9-8-15(21)12-6-4-3-5-7-12/h3-7,10-11H,8-9H2,1-2H3,(H,20,22)(H,23,24). The number of carboxylic acid groups (broad SMARTS) is 1. The summed E-state index contributed by atoms with van der Waals surface area (Å²) in [6.07, 6.45) is -0.0489. The smallest absolute Gasteiger partial charge is 0.337 e. The molecular weight excluding hydrogens is 338 g/mol. The van der Waals surface area contributed by atoms with Crippen LogP contribution in [-0.4, -0.2) is 37.0 Å². The number of ether oxygens (including phenoxy) is 2. The van der Waals surface area contributed by atoms with E-state index >= 15 is 0 Å². The van der Waals surface area contributed by atoms with E-state index in [9.17, 15) is 19.5 Å².